The molecule has 0 aliphatic carbocycles. The number of aliphatic hydroxyl groups is 1. The summed E-state index contributed by atoms with van der Waals surface area (Å²) in [5, 5.41) is 11.6. The summed E-state index contributed by atoms with van der Waals surface area (Å²) in [6.45, 7) is 3.44. The molecule has 1 aromatic rings. The molecule has 0 saturated heterocycles. The number of benzene rings is 1. The first-order valence-electron chi connectivity index (χ1n) is 6.99. The Morgan fingerprint density at radius 2 is 1.86 bits per heavy atom. The van der Waals surface area contributed by atoms with Gasteiger partial charge in [0, 0.05) is 15.6 Å². The number of amides is 1. The van der Waals surface area contributed by atoms with Crippen LogP contribution in [0.3, 0.4) is 0 Å². The van der Waals surface area contributed by atoms with Crippen LogP contribution in [0.4, 0.5) is 5.69 Å². The summed E-state index contributed by atoms with van der Waals surface area (Å²) >= 11 is 6.94. The number of carbonyl (C=O) groups is 1. The summed E-state index contributed by atoms with van der Waals surface area (Å²) in [5.41, 5.74) is 1.88. The van der Waals surface area contributed by atoms with E-state index >= 15 is 0 Å². The van der Waals surface area contributed by atoms with Crippen LogP contribution >= 0.6 is 31.9 Å². The summed E-state index contributed by atoms with van der Waals surface area (Å²) in [6.07, 6.45) is 2.79. The summed E-state index contributed by atoms with van der Waals surface area (Å²) in [5.74, 6) is -0.0371. The molecule has 0 aliphatic heterocycles. The van der Waals surface area contributed by atoms with Crippen molar-refractivity contribution in [2.75, 3.05) is 32.1 Å². The maximum atomic E-state index is 12.1. The Hall–Kier alpha value is -0.430. The van der Waals surface area contributed by atoms with E-state index in [-0.39, 0.29) is 12.5 Å². The fraction of sp³-hybridized carbons (Fsp3) is 0.533. The fourth-order valence-corrected chi connectivity index (χ4v) is 3.61. The number of nitrogens with one attached hydrogen (secondary N) is 1. The summed E-state index contributed by atoms with van der Waals surface area (Å²) in [7, 11) is 1.93. The van der Waals surface area contributed by atoms with Gasteiger partial charge in [-0.3, -0.25) is 9.69 Å². The molecule has 1 amide bonds. The Bertz CT molecular complexity index is 458. The summed E-state index contributed by atoms with van der Waals surface area (Å²) in [6, 6.07) is 3.94. The number of aryl methyl sites for hydroxylation is 1. The Morgan fingerprint density at radius 1 is 1.24 bits per heavy atom. The van der Waals surface area contributed by atoms with E-state index in [9.17, 15) is 4.79 Å². The van der Waals surface area contributed by atoms with E-state index in [1.807, 2.05) is 31.0 Å². The summed E-state index contributed by atoms with van der Waals surface area (Å²) in [4.78, 5) is 14.1. The molecule has 0 atom stereocenters. The van der Waals surface area contributed by atoms with Crippen LogP contribution in [-0.4, -0.2) is 42.7 Å². The highest BCUT2D eigenvalue weighted by molar-refractivity contribution is 9.11. The minimum atomic E-state index is -0.0371. The van der Waals surface area contributed by atoms with E-state index in [1.165, 1.54) is 0 Å². The lowest BCUT2D eigenvalue weighted by Crippen LogP contribution is -2.31. The van der Waals surface area contributed by atoms with Crippen LogP contribution < -0.4 is 5.32 Å². The highest BCUT2D eigenvalue weighted by Gasteiger charge is 2.11. The fourth-order valence-electron chi connectivity index (χ4n) is 1.99. The highest BCUT2D eigenvalue weighted by Crippen LogP contribution is 2.32. The molecule has 0 heterocycles. The summed E-state index contributed by atoms with van der Waals surface area (Å²) < 4.78 is 1.74. The molecule has 4 nitrogen and oxygen atoms in total. The number of halogens is 2. The molecule has 0 saturated carbocycles. The number of nitrogens with zero attached hydrogens (tertiary/aromatic N) is 1. The lowest BCUT2D eigenvalue weighted by molar-refractivity contribution is -0.117. The van der Waals surface area contributed by atoms with E-state index in [2.05, 4.69) is 37.2 Å². The predicted molar refractivity (Wildman–Crippen MR) is 93.6 cm³/mol. The van der Waals surface area contributed by atoms with Gasteiger partial charge in [-0.05, 0) is 89.3 Å². The van der Waals surface area contributed by atoms with Crippen LogP contribution in [0.25, 0.3) is 0 Å². The van der Waals surface area contributed by atoms with Gasteiger partial charge in [0.1, 0.15) is 0 Å². The van der Waals surface area contributed by atoms with E-state index in [4.69, 9.17) is 5.11 Å². The number of carbonyl (C=O) groups excluding carboxylic acids is 1. The average molecular weight is 422 g/mol. The van der Waals surface area contributed by atoms with E-state index in [0.717, 1.165) is 46.0 Å². The third-order valence-electron chi connectivity index (χ3n) is 3.06. The van der Waals surface area contributed by atoms with Crippen molar-refractivity contribution in [2.24, 2.45) is 0 Å². The first-order valence-corrected chi connectivity index (χ1v) is 8.57. The normalized spacial score (nSPS) is 11.0. The zero-order valence-electron chi connectivity index (χ0n) is 12.5. The molecule has 0 aromatic heterocycles. The van der Waals surface area contributed by atoms with Crippen molar-refractivity contribution in [3.8, 4) is 0 Å². The van der Waals surface area contributed by atoms with Crippen molar-refractivity contribution in [3.05, 3.63) is 26.6 Å². The lowest BCUT2D eigenvalue weighted by Gasteiger charge is -2.17. The van der Waals surface area contributed by atoms with Crippen molar-refractivity contribution in [3.63, 3.8) is 0 Å². The number of hydrogen-bond donors (Lipinski definition) is 2. The molecule has 2 N–H and O–H groups in total. The molecule has 0 spiro atoms. The van der Waals surface area contributed by atoms with Crippen LogP contribution in [0.1, 0.15) is 24.8 Å². The highest BCUT2D eigenvalue weighted by atomic mass is 79.9. The topological polar surface area (TPSA) is 52.6 Å². The van der Waals surface area contributed by atoms with Crippen molar-refractivity contribution in [1.82, 2.24) is 4.90 Å². The van der Waals surface area contributed by atoms with Crippen molar-refractivity contribution in [1.29, 1.82) is 0 Å². The number of hydrogen-bond acceptors (Lipinski definition) is 3. The Labute approximate surface area is 143 Å². The molecule has 0 unspecified atom stereocenters. The van der Waals surface area contributed by atoms with Gasteiger partial charge in [-0.1, -0.05) is 0 Å². The van der Waals surface area contributed by atoms with Gasteiger partial charge in [-0.25, -0.2) is 0 Å². The third-order valence-corrected chi connectivity index (χ3v) is 4.31. The second-order valence-electron chi connectivity index (χ2n) is 5.17. The van der Waals surface area contributed by atoms with Crippen molar-refractivity contribution in [2.45, 2.75) is 26.2 Å². The molecular weight excluding hydrogens is 400 g/mol. The van der Waals surface area contributed by atoms with E-state index < -0.39 is 0 Å². The van der Waals surface area contributed by atoms with Gasteiger partial charge in [-0.15, -0.1) is 0 Å². The smallest absolute Gasteiger partial charge is 0.238 e. The number of rotatable bonds is 8. The van der Waals surface area contributed by atoms with Crippen molar-refractivity contribution >= 4 is 43.5 Å². The maximum Gasteiger partial charge on any atom is 0.238 e. The molecule has 0 bridgehead atoms. The minimum absolute atomic E-state index is 0.0371. The predicted octanol–water partition coefficient (Wildman–Crippen LogP) is 3.55. The standard InChI is InChI=1S/C15H22Br2N2O2/c1-11-8-12(16)15(13(17)9-11)18-14(21)10-19(2)6-4-3-5-7-20/h8-9,20H,3-7,10H2,1-2H3,(H,18,21). The molecule has 1 aromatic carbocycles. The molecule has 1 rings (SSSR count). The first-order chi connectivity index (χ1) is 9.93. The number of anilines is 1. The van der Waals surface area contributed by atoms with Crippen LogP contribution in [0.2, 0.25) is 0 Å². The SMILES string of the molecule is Cc1cc(Br)c(NC(=O)CN(C)CCCCCO)c(Br)c1. The largest absolute Gasteiger partial charge is 0.396 e. The third kappa shape index (κ3) is 6.91. The van der Waals surface area contributed by atoms with Crippen LogP contribution in [0.15, 0.2) is 21.1 Å². The number of unbranched alkanes of at least 4 members (excludes halogenated alkanes) is 2. The monoisotopic (exact) mass is 420 g/mol. The average Bonchev–Trinajstić information content (AvgIpc) is 2.39. The molecule has 0 aliphatic rings. The second-order valence-corrected chi connectivity index (χ2v) is 6.88. The first kappa shape index (κ1) is 18.6. The zero-order chi connectivity index (χ0) is 15.8. The van der Waals surface area contributed by atoms with Crippen LogP contribution in [0, 0.1) is 6.92 Å². The maximum absolute atomic E-state index is 12.1. The van der Waals surface area contributed by atoms with E-state index in [0.29, 0.717) is 6.54 Å². The molecule has 21 heavy (non-hydrogen) atoms. The second kappa shape index (κ2) is 9.56. The van der Waals surface area contributed by atoms with Gasteiger partial charge in [0.2, 0.25) is 5.91 Å². The minimum Gasteiger partial charge on any atom is -0.396 e. The number of likely N-dealkylation sites (N-methyl/N-ethyl adjacent to an activating group) is 1. The van der Waals surface area contributed by atoms with Gasteiger partial charge in [0.05, 0.1) is 12.2 Å². The Morgan fingerprint density at radius 3 is 2.43 bits per heavy atom. The van der Waals surface area contributed by atoms with E-state index in [1.54, 1.807) is 0 Å². The van der Waals surface area contributed by atoms with Crippen LogP contribution in [-0.2, 0) is 4.79 Å². The molecule has 0 fully saturated rings. The molecule has 118 valence electrons. The van der Waals surface area contributed by atoms with Crippen molar-refractivity contribution < 1.29 is 9.90 Å². The number of aliphatic hydroxyl groups excluding tert-OH is 1. The van der Waals surface area contributed by atoms with Gasteiger partial charge < -0.3 is 10.4 Å². The Kier molecular flexibility index (Phi) is 8.48. The zero-order valence-corrected chi connectivity index (χ0v) is 15.6. The van der Waals surface area contributed by atoms with Gasteiger partial charge in [0.15, 0.2) is 0 Å². The van der Waals surface area contributed by atoms with Gasteiger partial charge in [0.25, 0.3) is 0 Å². The van der Waals surface area contributed by atoms with Gasteiger partial charge in [-0.2, -0.15) is 0 Å². The quantitative estimate of drug-likeness (QED) is 0.631. The molecule has 6 heteroatoms. The lowest BCUT2D eigenvalue weighted by atomic mass is 10.2. The molecular formula is C15H22Br2N2O2. The molecule has 0 radical (unpaired) electrons. The Balaban J connectivity index is 2.47. The van der Waals surface area contributed by atoms with Crippen LogP contribution in [0.5, 0.6) is 0 Å². The van der Waals surface area contributed by atoms with Gasteiger partial charge >= 0.3 is 0 Å².